The lowest BCUT2D eigenvalue weighted by atomic mass is 10.2. The summed E-state index contributed by atoms with van der Waals surface area (Å²) in [5.41, 5.74) is 0.740. The maximum atomic E-state index is 11.7. The molecule has 1 amide bonds. The number of phenols is 1. The van der Waals surface area contributed by atoms with Gasteiger partial charge in [0.1, 0.15) is 5.75 Å². The second kappa shape index (κ2) is 4.40. The van der Waals surface area contributed by atoms with Crippen molar-refractivity contribution < 1.29 is 14.3 Å². The number of carbonyl (C=O) groups excluding carboxylic acids is 1. The highest BCUT2D eigenvalue weighted by Gasteiger charge is 2.13. The summed E-state index contributed by atoms with van der Waals surface area (Å²) < 4.78 is 5.31. The Morgan fingerprint density at radius 3 is 2.69 bits per heavy atom. The van der Waals surface area contributed by atoms with Crippen molar-refractivity contribution in [2.24, 2.45) is 0 Å². The summed E-state index contributed by atoms with van der Waals surface area (Å²) in [5.74, 6) is -0.322. The van der Waals surface area contributed by atoms with Gasteiger partial charge in [0.05, 0.1) is 17.5 Å². The Morgan fingerprint density at radius 1 is 1.31 bits per heavy atom. The van der Waals surface area contributed by atoms with E-state index < -0.39 is 0 Å². The van der Waals surface area contributed by atoms with Gasteiger partial charge in [0.2, 0.25) is 0 Å². The molecule has 0 atom stereocenters. The fraction of sp³-hybridized carbons (Fsp3) is 0. The van der Waals surface area contributed by atoms with Crippen LogP contribution in [0.25, 0.3) is 0 Å². The molecule has 82 valence electrons. The van der Waals surface area contributed by atoms with E-state index in [2.05, 4.69) is 21.2 Å². The summed E-state index contributed by atoms with van der Waals surface area (Å²) in [6.45, 7) is 0. The lowest BCUT2D eigenvalue weighted by molar-refractivity contribution is 0.102. The summed E-state index contributed by atoms with van der Waals surface area (Å²) in [6.07, 6.45) is 1.41. The van der Waals surface area contributed by atoms with Gasteiger partial charge in [-0.25, -0.2) is 0 Å². The molecule has 0 saturated heterocycles. The topological polar surface area (TPSA) is 62.5 Å². The number of phenolic OH excluding ortho intramolecular Hbond substituents is 1. The van der Waals surface area contributed by atoms with E-state index in [-0.39, 0.29) is 11.7 Å². The predicted octanol–water partition coefficient (Wildman–Crippen LogP) is 3.00. The van der Waals surface area contributed by atoms with Crippen LogP contribution in [-0.4, -0.2) is 11.0 Å². The maximum Gasteiger partial charge on any atom is 0.260 e. The highest BCUT2D eigenvalue weighted by Crippen LogP contribution is 2.24. The summed E-state index contributed by atoms with van der Waals surface area (Å²) in [5, 5.41) is 12.1. The molecule has 5 heteroatoms. The largest absolute Gasteiger partial charge is 0.506 e. The minimum Gasteiger partial charge on any atom is -0.506 e. The van der Waals surface area contributed by atoms with Crippen molar-refractivity contribution in [1.82, 2.24) is 0 Å². The van der Waals surface area contributed by atoms with Crippen LogP contribution in [0.3, 0.4) is 0 Å². The van der Waals surface area contributed by atoms with Gasteiger partial charge in [-0.2, -0.15) is 0 Å². The molecule has 2 N–H and O–H groups in total. The van der Waals surface area contributed by atoms with E-state index in [1.54, 1.807) is 24.3 Å². The summed E-state index contributed by atoms with van der Waals surface area (Å²) in [6, 6.07) is 8.05. The summed E-state index contributed by atoms with van der Waals surface area (Å²) >= 11 is 3.11. The van der Waals surface area contributed by atoms with Gasteiger partial charge in [0.15, 0.2) is 4.67 Å². The lowest BCUT2D eigenvalue weighted by Crippen LogP contribution is -2.11. The normalized spacial score (nSPS) is 10.1. The van der Waals surface area contributed by atoms with Crippen LogP contribution in [0.15, 0.2) is 45.7 Å². The molecule has 0 aliphatic heterocycles. The molecule has 0 saturated carbocycles. The van der Waals surface area contributed by atoms with E-state index in [0.717, 1.165) is 0 Å². The van der Waals surface area contributed by atoms with Gasteiger partial charge in [-0.05, 0) is 34.1 Å². The van der Waals surface area contributed by atoms with E-state index >= 15 is 0 Å². The van der Waals surface area contributed by atoms with Gasteiger partial charge in [-0.3, -0.25) is 4.79 Å². The molecule has 0 aliphatic carbocycles. The van der Waals surface area contributed by atoms with Gasteiger partial charge >= 0.3 is 0 Å². The van der Waals surface area contributed by atoms with E-state index in [1.807, 2.05) is 0 Å². The van der Waals surface area contributed by atoms with E-state index in [4.69, 9.17) is 4.42 Å². The average Bonchev–Trinajstić information content (AvgIpc) is 2.68. The number of rotatable bonds is 2. The monoisotopic (exact) mass is 281 g/mol. The third-order valence-corrected chi connectivity index (χ3v) is 2.63. The fourth-order valence-corrected chi connectivity index (χ4v) is 1.64. The van der Waals surface area contributed by atoms with E-state index in [9.17, 15) is 9.90 Å². The van der Waals surface area contributed by atoms with Gasteiger partial charge in [0, 0.05) is 0 Å². The van der Waals surface area contributed by atoms with Crippen molar-refractivity contribution in [3.8, 4) is 5.75 Å². The number of anilines is 1. The quantitative estimate of drug-likeness (QED) is 0.832. The van der Waals surface area contributed by atoms with Gasteiger partial charge in [-0.15, -0.1) is 0 Å². The van der Waals surface area contributed by atoms with Crippen LogP contribution in [0, 0.1) is 0 Å². The Kier molecular flexibility index (Phi) is 2.96. The summed E-state index contributed by atoms with van der Waals surface area (Å²) in [7, 11) is 0. The lowest BCUT2D eigenvalue weighted by Gasteiger charge is -2.05. The second-order valence-corrected chi connectivity index (χ2v) is 3.80. The molecule has 16 heavy (non-hydrogen) atoms. The molecule has 0 aliphatic rings. The van der Waals surface area contributed by atoms with Crippen molar-refractivity contribution in [2.45, 2.75) is 0 Å². The minimum absolute atomic E-state index is 0.0236. The van der Waals surface area contributed by atoms with Crippen molar-refractivity contribution in [3.63, 3.8) is 0 Å². The molecule has 0 unspecified atom stereocenters. The highest BCUT2D eigenvalue weighted by atomic mass is 79.9. The predicted molar refractivity (Wildman–Crippen MR) is 62.5 cm³/mol. The third-order valence-electron chi connectivity index (χ3n) is 2.01. The smallest absolute Gasteiger partial charge is 0.260 e. The van der Waals surface area contributed by atoms with E-state index in [0.29, 0.717) is 15.9 Å². The van der Waals surface area contributed by atoms with Gasteiger partial charge in [0.25, 0.3) is 5.91 Å². The van der Waals surface area contributed by atoms with Gasteiger partial charge < -0.3 is 14.8 Å². The zero-order valence-corrected chi connectivity index (χ0v) is 9.69. The molecule has 1 aromatic carbocycles. The number of furan rings is 1. The first-order valence-electron chi connectivity index (χ1n) is 4.51. The van der Waals surface area contributed by atoms with Crippen molar-refractivity contribution >= 4 is 27.5 Å². The average molecular weight is 282 g/mol. The number of carbonyl (C=O) groups is 1. The van der Waals surface area contributed by atoms with Crippen molar-refractivity contribution in [1.29, 1.82) is 0 Å². The van der Waals surface area contributed by atoms with Crippen molar-refractivity contribution in [3.05, 3.63) is 46.8 Å². The number of para-hydroxylation sites is 2. The van der Waals surface area contributed by atoms with Crippen molar-refractivity contribution in [2.75, 3.05) is 5.32 Å². The fourth-order valence-electron chi connectivity index (χ4n) is 1.22. The molecule has 4 nitrogen and oxygen atoms in total. The maximum absolute atomic E-state index is 11.7. The first kappa shape index (κ1) is 10.8. The number of nitrogens with one attached hydrogen (secondary N) is 1. The number of halogens is 1. The number of amides is 1. The first-order chi connectivity index (χ1) is 7.68. The molecular formula is C11H8BrNO3. The zero-order valence-electron chi connectivity index (χ0n) is 8.11. The van der Waals surface area contributed by atoms with Crippen LogP contribution in [0.4, 0.5) is 5.69 Å². The number of hydrogen-bond acceptors (Lipinski definition) is 3. The molecule has 2 rings (SSSR count). The van der Waals surface area contributed by atoms with Crippen LogP contribution in [0.5, 0.6) is 5.75 Å². The molecule has 0 bridgehead atoms. The standard InChI is InChI=1S/C11H8BrNO3/c12-10-7(5-6-16-10)11(15)13-8-3-1-2-4-9(8)14/h1-6,14H,(H,13,15). The highest BCUT2D eigenvalue weighted by molar-refractivity contribution is 9.10. The molecule has 1 aromatic heterocycles. The van der Waals surface area contributed by atoms with Crippen LogP contribution in [0.2, 0.25) is 0 Å². The van der Waals surface area contributed by atoms with Crippen LogP contribution < -0.4 is 5.32 Å². The minimum atomic E-state index is -0.345. The zero-order chi connectivity index (χ0) is 11.5. The molecule has 0 fully saturated rings. The second-order valence-electron chi connectivity index (χ2n) is 3.08. The molecule has 0 radical (unpaired) electrons. The van der Waals surface area contributed by atoms with Crippen LogP contribution >= 0.6 is 15.9 Å². The van der Waals surface area contributed by atoms with Gasteiger partial charge in [-0.1, -0.05) is 12.1 Å². The Balaban J connectivity index is 2.21. The Labute approximate surface area is 100 Å². The van der Waals surface area contributed by atoms with Crippen LogP contribution in [0.1, 0.15) is 10.4 Å². The molecule has 0 spiro atoms. The Bertz CT molecular complexity index is 521. The number of benzene rings is 1. The third kappa shape index (κ3) is 2.09. The number of hydrogen-bond donors (Lipinski definition) is 2. The van der Waals surface area contributed by atoms with E-state index in [1.165, 1.54) is 12.3 Å². The Hall–Kier alpha value is -1.75. The SMILES string of the molecule is O=C(Nc1ccccc1O)c1ccoc1Br. The number of aromatic hydroxyl groups is 1. The molecular weight excluding hydrogens is 274 g/mol. The summed E-state index contributed by atoms with van der Waals surface area (Å²) in [4.78, 5) is 11.7. The first-order valence-corrected chi connectivity index (χ1v) is 5.30. The molecule has 1 heterocycles. The Morgan fingerprint density at radius 2 is 2.06 bits per heavy atom. The molecule has 2 aromatic rings. The van der Waals surface area contributed by atoms with Crippen LogP contribution in [-0.2, 0) is 0 Å².